The summed E-state index contributed by atoms with van der Waals surface area (Å²) in [5.74, 6) is -0.910. The van der Waals surface area contributed by atoms with Gasteiger partial charge in [-0.15, -0.1) is 0 Å². The van der Waals surface area contributed by atoms with Crippen LogP contribution in [-0.4, -0.2) is 41.6 Å². The van der Waals surface area contributed by atoms with E-state index in [0.29, 0.717) is 19.5 Å². The van der Waals surface area contributed by atoms with Crippen LogP contribution in [0.25, 0.3) is 0 Å². The summed E-state index contributed by atoms with van der Waals surface area (Å²) in [6.45, 7) is 4.73. The lowest BCUT2D eigenvalue weighted by atomic mass is 9.86. The molecule has 1 fully saturated rings. The number of benzene rings is 1. The summed E-state index contributed by atoms with van der Waals surface area (Å²) in [5, 5.41) is 12.8. The van der Waals surface area contributed by atoms with Gasteiger partial charge in [-0.2, -0.15) is 0 Å². The van der Waals surface area contributed by atoms with Crippen molar-refractivity contribution in [1.82, 2.24) is 13.7 Å². The molecule has 0 aliphatic carbocycles. The van der Waals surface area contributed by atoms with Gasteiger partial charge in [0.1, 0.15) is 0 Å². The van der Waals surface area contributed by atoms with Crippen LogP contribution in [0.4, 0.5) is 4.79 Å². The Morgan fingerprint density at radius 2 is 2.21 bits per heavy atom. The summed E-state index contributed by atoms with van der Waals surface area (Å²) in [6.07, 6.45) is 1.44. The van der Waals surface area contributed by atoms with Crippen molar-refractivity contribution in [2.75, 3.05) is 19.6 Å². The third-order valence-electron chi connectivity index (χ3n) is 4.55. The van der Waals surface area contributed by atoms with Gasteiger partial charge in [-0.05, 0) is 49.9 Å². The van der Waals surface area contributed by atoms with E-state index in [4.69, 9.17) is 0 Å². The molecule has 1 aromatic rings. The molecule has 2 unspecified atom stereocenters. The zero-order valence-electron chi connectivity index (χ0n) is 13.8. The number of carboxylic acids is 1. The predicted molar refractivity (Wildman–Crippen MR) is 101 cm³/mol. The standard InChI is InChI=1S/C17H24IN3O3/c1-2-21(17(24)20-18)11-13-5-3-4-12(8-13)9-15(16(22)23)14-6-7-19-10-14/h3-5,8,14-15,19H,2,6-7,9-11H2,1H3,(H,20,24)(H,22,23). The molecule has 2 amide bonds. The third kappa shape index (κ3) is 5.07. The number of nitrogens with zero attached hydrogens (tertiary/aromatic N) is 1. The van der Waals surface area contributed by atoms with Crippen molar-refractivity contribution < 1.29 is 14.7 Å². The first-order chi connectivity index (χ1) is 11.5. The van der Waals surface area contributed by atoms with E-state index < -0.39 is 5.97 Å². The molecule has 0 radical (unpaired) electrons. The van der Waals surface area contributed by atoms with Crippen molar-refractivity contribution in [3.8, 4) is 0 Å². The molecule has 2 atom stereocenters. The van der Waals surface area contributed by atoms with Crippen LogP contribution in [0, 0.1) is 11.8 Å². The second kappa shape index (κ2) is 9.22. The van der Waals surface area contributed by atoms with E-state index in [1.807, 2.05) is 54.1 Å². The summed E-state index contributed by atoms with van der Waals surface area (Å²) in [4.78, 5) is 25.1. The first kappa shape index (κ1) is 19.0. The molecule has 0 bridgehead atoms. The highest BCUT2D eigenvalue weighted by atomic mass is 127. The normalized spacial score (nSPS) is 18.2. The number of urea groups is 1. The van der Waals surface area contributed by atoms with Gasteiger partial charge < -0.3 is 15.3 Å². The lowest BCUT2D eigenvalue weighted by molar-refractivity contribution is -0.143. The molecule has 1 aliphatic heterocycles. The zero-order chi connectivity index (χ0) is 17.5. The van der Waals surface area contributed by atoms with Crippen LogP contribution in [0.2, 0.25) is 0 Å². The average Bonchev–Trinajstić information content (AvgIpc) is 3.11. The Morgan fingerprint density at radius 3 is 2.79 bits per heavy atom. The van der Waals surface area contributed by atoms with Gasteiger partial charge in [0.2, 0.25) is 0 Å². The van der Waals surface area contributed by atoms with Crippen LogP contribution in [0.1, 0.15) is 24.5 Å². The lowest BCUT2D eigenvalue weighted by Gasteiger charge is -2.21. The van der Waals surface area contributed by atoms with Crippen LogP contribution >= 0.6 is 22.9 Å². The van der Waals surface area contributed by atoms with Crippen molar-refractivity contribution in [3.63, 3.8) is 0 Å². The molecule has 24 heavy (non-hydrogen) atoms. The Bertz CT molecular complexity index is 576. The van der Waals surface area contributed by atoms with Crippen LogP contribution in [0.3, 0.4) is 0 Å². The molecule has 3 N–H and O–H groups in total. The summed E-state index contributed by atoms with van der Waals surface area (Å²) in [7, 11) is 0. The minimum absolute atomic E-state index is 0.121. The van der Waals surface area contributed by atoms with Gasteiger partial charge in [0, 0.05) is 13.1 Å². The van der Waals surface area contributed by atoms with Gasteiger partial charge in [-0.25, -0.2) is 4.79 Å². The number of halogens is 1. The molecule has 1 aromatic carbocycles. The average molecular weight is 445 g/mol. The number of carboxylic acid groups (broad SMARTS) is 1. The maximum Gasteiger partial charge on any atom is 0.326 e. The minimum atomic E-state index is -0.728. The van der Waals surface area contributed by atoms with E-state index in [1.54, 1.807) is 4.90 Å². The summed E-state index contributed by atoms with van der Waals surface area (Å²) in [5.41, 5.74) is 2.03. The Morgan fingerprint density at radius 1 is 1.46 bits per heavy atom. The maximum atomic E-state index is 11.8. The summed E-state index contributed by atoms with van der Waals surface area (Å²) >= 11 is 1.83. The van der Waals surface area contributed by atoms with E-state index in [9.17, 15) is 14.7 Å². The number of hydrogen-bond acceptors (Lipinski definition) is 3. The Balaban J connectivity index is 2.08. The highest BCUT2D eigenvalue weighted by Gasteiger charge is 2.30. The molecule has 7 heteroatoms. The first-order valence-electron chi connectivity index (χ1n) is 8.22. The van der Waals surface area contributed by atoms with Crippen molar-refractivity contribution in [3.05, 3.63) is 35.4 Å². The van der Waals surface area contributed by atoms with Crippen LogP contribution in [-0.2, 0) is 17.8 Å². The highest BCUT2D eigenvalue weighted by molar-refractivity contribution is 14.1. The van der Waals surface area contributed by atoms with Crippen molar-refractivity contribution >= 4 is 34.9 Å². The fourth-order valence-electron chi connectivity index (χ4n) is 3.19. The molecular formula is C17H24IN3O3. The van der Waals surface area contributed by atoms with Gasteiger partial charge in [0.05, 0.1) is 28.8 Å². The van der Waals surface area contributed by atoms with E-state index in [1.165, 1.54) is 0 Å². The molecule has 0 aromatic heterocycles. The molecule has 1 heterocycles. The molecule has 0 saturated carbocycles. The van der Waals surface area contributed by atoms with Crippen LogP contribution < -0.4 is 8.85 Å². The fraction of sp³-hybridized carbons (Fsp3) is 0.529. The van der Waals surface area contributed by atoms with Gasteiger partial charge in [0.15, 0.2) is 0 Å². The van der Waals surface area contributed by atoms with E-state index >= 15 is 0 Å². The van der Waals surface area contributed by atoms with Gasteiger partial charge in [0.25, 0.3) is 0 Å². The van der Waals surface area contributed by atoms with E-state index in [0.717, 1.165) is 30.6 Å². The van der Waals surface area contributed by atoms with Crippen LogP contribution in [0.5, 0.6) is 0 Å². The van der Waals surface area contributed by atoms with Crippen molar-refractivity contribution in [2.24, 2.45) is 11.8 Å². The lowest BCUT2D eigenvalue weighted by Crippen LogP contribution is -2.34. The molecule has 6 nitrogen and oxygen atoms in total. The van der Waals surface area contributed by atoms with E-state index in [2.05, 4.69) is 8.85 Å². The minimum Gasteiger partial charge on any atom is -0.481 e. The number of amides is 2. The second-order valence-electron chi connectivity index (χ2n) is 6.14. The van der Waals surface area contributed by atoms with Gasteiger partial charge in [-0.3, -0.25) is 8.32 Å². The number of nitrogens with one attached hydrogen (secondary N) is 2. The SMILES string of the molecule is CCN(Cc1cccc(CC(C(=O)O)C2CCNC2)c1)C(=O)NI. The molecular weight excluding hydrogens is 421 g/mol. The maximum absolute atomic E-state index is 11.8. The highest BCUT2D eigenvalue weighted by Crippen LogP contribution is 2.24. The topological polar surface area (TPSA) is 81.7 Å². The quantitative estimate of drug-likeness (QED) is 0.445. The summed E-state index contributed by atoms with van der Waals surface area (Å²) < 4.78 is 2.61. The monoisotopic (exact) mass is 445 g/mol. The summed E-state index contributed by atoms with van der Waals surface area (Å²) in [6, 6.07) is 7.77. The zero-order valence-corrected chi connectivity index (χ0v) is 16.0. The predicted octanol–water partition coefficient (Wildman–Crippen LogP) is 2.42. The number of hydrogen-bond donors (Lipinski definition) is 3. The van der Waals surface area contributed by atoms with Gasteiger partial charge in [-0.1, -0.05) is 24.3 Å². The molecule has 132 valence electrons. The molecule has 2 rings (SSSR count). The van der Waals surface area contributed by atoms with Gasteiger partial charge >= 0.3 is 12.0 Å². The van der Waals surface area contributed by atoms with Crippen LogP contribution in [0.15, 0.2) is 24.3 Å². The molecule has 0 spiro atoms. The first-order valence-corrected chi connectivity index (χ1v) is 9.30. The Labute approximate surface area is 156 Å². The molecule has 1 aliphatic rings. The number of rotatable bonds is 7. The third-order valence-corrected chi connectivity index (χ3v) is 5.02. The Hall–Kier alpha value is -1.35. The van der Waals surface area contributed by atoms with Crippen molar-refractivity contribution in [2.45, 2.75) is 26.3 Å². The largest absolute Gasteiger partial charge is 0.481 e. The number of carbonyl (C=O) groups is 2. The second-order valence-corrected chi connectivity index (χ2v) is 6.67. The fourth-order valence-corrected chi connectivity index (χ4v) is 3.53. The Kier molecular flexibility index (Phi) is 7.29. The van der Waals surface area contributed by atoms with E-state index in [-0.39, 0.29) is 17.9 Å². The number of carbonyl (C=O) groups excluding carboxylic acids is 1. The smallest absolute Gasteiger partial charge is 0.326 e. The number of aliphatic carboxylic acids is 1. The van der Waals surface area contributed by atoms with Crippen molar-refractivity contribution in [1.29, 1.82) is 0 Å². The molecule has 1 saturated heterocycles.